The molecule has 1 amide bonds. The number of aryl methyl sites for hydroxylation is 1. The molecule has 2 aromatic rings. The summed E-state index contributed by atoms with van der Waals surface area (Å²) in [5.74, 6) is 0.591. The van der Waals surface area contributed by atoms with Crippen LogP contribution in [0, 0.1) is 6.92 Å². The van der Waals surface area contributed by atoms with Crippen LogP contribution in [-0.2, 0) is 4.79 Å². The lowest BCUT2D eigenvalue weighted by atomic mass is 10.2. The molecule has 0 aliphatic carbocycles. The molecule has 0 radical (unpaired) electrons. The summed E-state index contributed by atoms with van der Waals surface area (Å²) in [6.45, 7) is 1.88. The number of amides is 1. The molecule has 1 heterocycles. The Balaban J connectivity index is 2.31. The molecular weight excluding hydrogens is 274 g/mol. The van der Waals surface area contributed by atoms with Gasteiger partial charge in [0.15, 0.2) is 5.16 Å². The minimum atomic E-state index is -0.370. The van der Waals surface area contributed by atoms with E-state index in [0.29, 0.717) is 5.16 Å². The lowest BCUT2D eigenvalue weighted by Gasteiger charge is -2.14. The summed E-state index contributed by atoms with van der Waals surface area (Å²) >= 11 is 1.29. The lowest BCUT2D eigenvalue weighted by molar-refractivity contribution is -0.115. The van der Waals surface area contributed by atoms with Crippen LogP contribution in [0.1, 0.15) is 5.82 Å². The highest BCUT2D eigenvalue weighted by Crippen LogP contribution is 2.23. The Morgan fingerprint density at radius 1 is 1.30 bits per heavy atom. The molecular formula is C13H17N5OS. The number of thioether (sulfide) groups is 1. The van der Waals surface area contributed by atoms with Crippen LogP contribution in [-0.4, -0.2) is 40.5 Å². The van der Waals surface area contributed by atoms with Gasteiger partial charge in [0.25, 0.3) is 0 Å². The average molecular weight is 291 g/mol. The predicted octanol–water partition coefficient (Wildman–Crippen LogP) is 1.22. The van der Waals surface area contributed by atoms with Crippen molar-refractivity contribution in [3.63, 3.8) is 0 Å². The van der Waals surface area contributed by atoms with Crippen LogP contribution in [0.3, 0.4) is 0 Å². The van der Waals surface area contributed by atoms with Crippen molar-refractivity contribution in [2.24, 2.45) is 5.73 Å². The standard InChI is InChI=1S/C13H17N5OS/c1-9-15-16-13(20-8-12(14)19)18(9)11-6-4-10(5-7-11)17(2)3/h4-7H,8H2,1-3H3,(H2,14,19). The van der Waals surface area contributed by atoms with Crippen LogP contribution in [0.5, 0.6) is 0 Å². The van der Waals surface area contributed by atoms with Crippen LogP contribution in [0.15, 0.2) is 29.4 Å². The quantitative estimate of drug-likeness (QED) is 0.838. The largest absolute Gasteiger partial charge is 0.378 e. The van der Waals surface area contributed by atoms with Crippen molar-refractivity contribution in [1.82, 2.24) is 14.8 Å². The highest BCUT2D eigenvalue weighted by molar-refractivity contribution is 7.99. The number of benzene rings is 1. The van der Waals surface area contributed by atoms with Gasteiger partial charge in [0.1, 0.15) is 5.82 Å². The number of rotatable bonds is 5. The molecule has 106 valence electrons. The molecule has 0 bridgehead atoms. The zero-order valence-electron chi connectivity index (χ0n) is 11.7. The molecule has 2 rings (SSSR count). The molecule has 0 fully saturated rings. The van der Waals surface area contributed by atoms with Crippen LogP contribution in [0.25, 0.3) is 5.69 Å². The maximum absolute atomic E-state index is 10.9. The molecule has 0 atom stereocenters. The van der Waals surface area contributed by atoms with Gasteiger partial charge in [-0.05, 0) is 31.2 Å². The van der Waals surface area contributed by atoms with Gasteiger partial charge in [-0.25, -0.2) is 0 Å². The summed E-state index contributed by atoms with van der Waals surface area (Å²) in [7, 11) is 3.99. The van der Waals surface area contributed by atoms with Crippen molar-refractivity contribution in [3.05, 3.63) is 30.1 Å². The van der Waals surface area contributed by atoms with Crippen molar-refractivity contribution in [2.45, 2.75) is 12.1 Å². The topological polar surface area (TPSA) is 77.0 Å². The fourth-order valence-electron chi connectivity index (χ4n) is 1.77. The minimum absolute atomic E-state index is 0.188. The van der Waals surface area contributed by atoms with E-state index in [4.69, 9.17) is 5.73 Å². The first-order valence-corrected chi connectivity index (χ1v) is 7.08. The maximum Gasteiger partial charge on any atom is 0.227 e. The van der Waals surface area contributed by atoms with Crippen molar-refractivity contribution >= 4 is 23.4 Å². The monoisotopic (exact) mass is 291 g/mol. The van der Waals surface area contributed by atoms with E-state index in [0.717, 1.165) is 17.2 Å². The second-order valence-corrected chi connectivity index (χ2v) is 5.47. The van der Waals surface area contributed by atoms with E-state index >= 15 is 0 Å². The summed E-state index contributed by atoms with van der Waals surface area (Å²) in [6.07, 6.45) is 0. The molecule has 0 saturated carbocycles. The molecule has 20 heavy (non-hydrogen) atoms. The molecule has 2 N–H and O–H groups in total. The fourth-order valence-corrected chi connectivity index (χ4v) is 2.51. The second-order valence-electron chi connectivity index (χ2n) is 4.53. The van der Waals surface area contributed by atoms with Gasteiger partial charge < -0.3 is 10.6 Å². The molecule has 1 aromatic heterocycles. The van der Waals surface area contributed by atoms with E-state index < -0.39 is 0 Å². The van der Waals surface area contributed by atoms with Crippen LogP contribution in [0.2, 0.25) is 0 Å². The third-order valence-corrected chi connectivity index (χ3v) is 3.71. The van der Waals surface area contributed by atoms with Gasteiger partial charge in [0.05, 0.1) is 5.75 Å². The lowest BCUT2D eigenvalue weighted by Crippen LogP contribution is -2.13. The van der Waals surface area contributed by atoms with Gasteiger partial charge in [-0.15, -0.1) is 10.2 Å². The fraction of sp³-hybridized carbons (Fsp3) is 0.308. The van der Waals surface area contributed by atoms with Crippen molar-refractivity contribution in [1.29, 1.82) is 0 Å². The van der Waals surface area contributed by atoms with Crippen molar-refractivity contribution < 1.29 is 4.79 Å². The molecule has 6 nitrogen and oxygen atoms in total. The predicted molar refractivity (Wildman–Crippen MR) is 80.3 cm³/mol. The SMILES string of the molecule is Cc1nnc(SCC(N)=O)n1-c1ccc(N(C)C)cc1. The van der Waals surface area contributed by atoms with Crippen LogP contribution >= 0.6 is 11.8 Å². The van der Waals surface area contributed by atoms with Gasteiger partial charge >= 0.3 is 0 Å². The molecule has 0 aliphatic rings. The van der Waals surface area contributed by atoms with Gasteiger partial charge in [0.2, 0.25) is 5.91 Å². The van der Waals surface area contributed by atoms with E-state index in [1.165, 1.54) is 11.8 Å². The number of nitrogens with zero attached hydrogens (tertiary/aromatic N) is 4. The number of carbonyl (C=O) groups is 1. The first-order valence-electron chi connectivity index (χ1n) is 6.10. The molecule has 0 saturated heterocycles. The van der Waals surface area contributed by atoms with Gasteiger partial charge in [-0.2, -0.15) is 0 Å². The molecule has 0 spiro atoms. The van der Waals surface area contributed by atoms with Crippen LogP contribution < -0.4 is 10.6 Å². The number of nitrogens with two attached hydrogens (primary N) is 1. The van der Waals surface area contributed by atoms with Gasteiger partial charge in [-0.3, -0.25) is 9.36 Å². The third-order valence-electron chi connectivity index (χ3n) is 2.76. The van der Waals surface area contributed by atoms with Crippen molar-refractivity contribution in [3.8, 4) is 5.69 Å². The zero-order valence-corrected chi connectivity index (χ0v) is 12.5. The summed E-state index contributed by atoms with van der Waals surface area (Å²) in [5, 5.41) is 8.80. The number of carbonyl (C=O) groups excluding carboxylic acids is 1. The van der Waals surface area contributed by atoms with E-state index in [2.05, 4.69) is 10.2 Å². The molecule has 0 aliphatic heterocycles. The Hall–Kier alpha value is -2.02. The van der Waals surface area contributed by atoms with E-state index in [-0.39, 0.29) is 11.7 Å². The Morgan fingerprint density at radius 2 is 1.95 bits per heavy atom. The first-order chi connectivity index (χ1) is 9.49. The summed E-state index contributed by atoms with van der Waals surface area (Å²) in [4.78, 5) is 12.9. The Bertz CT molecular complexity index is 606. The number of anilines is 1. The maximum atomic E-state index is 10.9. The Morgan fingerprint density at radius 3 is 2.50 bits per heavy atom. The Labute approximate surface area is 122 Å². The van der Waals surface area contributed by atoms with Crippen LogP contribution in [0.4, 0.5) is 5.69 Å². The molecule has 7 heteroatoms. The van der Waals surface area contributed by atoms with E-state index in [1.807, 2.05) is 54.8 Å². The van der Waals surface area contributed by atoms with E-state index in [1.54, 1.807) is 0 Å². The number of primary amides is 1. The average Bonchev–Trinajstić information content (AvgIpc) is 2.77. The second kappa shape index (κ2) is 5.96. The zero-order chi connectivity index (χ0) is 14.7. The summed E-state index contributed by atoms with van der Waals surface area (Å²) in [5.41, 5.74) is 7.25. The number of hydrogen-bond acceptors (Lipinski definition) is 5. The highest BCUT2D eigenvalue weighted by Gasteiger charge is 2.12. The molecule has 1 aromatic carbocycles. The highest BCUT2D eigenvalue weighted by atomic mass is 32.2. The van der Waals surface area contributed by atoms with Gasteiger partial charge in [0, 0.05) is 25.5 Å². The Kier molecular flexibility index (Phi) is 4.29. The number of hydrogen-bond donors (Lipinski definition) is 1. The minimum Gasteiger partial charge on any atom is -0.378 e. The number of aromatic nitrogens is 3. The normalized spacial score (nSPS) is 10.6. The van der Waals surface area contributed by atoms with Gasteiger partial charge in [-0.1, -0.05) is 11.8 Å². The third kappa shape index (κ3) is 3.11. The smallest absolute Gasteiger partial charge is 0.227 e. The van der Waals surface area contributed by atoms with E-state index in [9.17, 15) is 4.79 Å². The summed E-state index contributed by atoms with van der Waals surface area (Å²) < 4.78 is 1.91. The van der Waals surface area contributed by atoms with Crippen molar-refractivity contribution in [2.75, 3.05) is 24.7 Å². The first kappa shape index (κ1) is 14.4. The molecule has 0 unspecified atom stereocenters. The summed E-state index contributed by atoms with van der Waals surface area (Å²) in [6, 6.07) is 8.05.